The number of aldehydes is 1. The normalized spacial score (nSPS) is 26.7. The number of carbonyl (C=O) groups is 3. The van der Waals surface area contributed by atoms with E-state index in [1.807, 2.05) is 49.3 Å². The van der Waals surface area contributed by atoms with Crippen molar-refractivity contribution in [3.63, 3.8) is 0 Å². The molecule has 3 aromatic carbocycles. The molecule has 0 unspecified atom stereocenters. The molecule has 10 heteroatoms. The molecule has 2 amide bonds. The number of fused-ring (bicyclic) bond motifs is 2. The van der Waals surface area contributed by atoms with Crippen LogP contribution in [0, 0.1) is 36.0 Å². The van der Waals surface area contributed by atoms with Crippen molar-refractivity contribution < 1.29 is 24.3 Å². The predicted octanol–water partition coefficient (Wildman–Crippen LogP) is 5.36. The van der Waals surface area contributed by atoms with Gasteiger partial charge in [0.1, 0.15) is 12.3 Å². The molecule has 0 spiro atoms. The number of nitrogens with one attached hydrogen (secondary N) is 3. The van der Waals surface area contributed by atoms with E-state index in [9.17, 15) is 19.5 Å². The molecule has 7 rings (SSSR count). The van der Waals surface area contributed by atoms with E-state index in [0.29, 0.717) is 53.9 Å². The van der Waals surface area contributed by atoms with Crippen LogP contribution in [0.25, 0.3) is 11.1 Å². The first-order chi connectivity index (χ1) is 25.2. The number of hydrogen-bond donors (Lipinski definition) is 4. The van der Waals surface area contributed by atoms with Crippen molar-refractivity contribution in [3.05, 3.63) is 88.5 Å². The lowest BCUT2D eigenvalue weighted by atomic mass is 9.45. The molecule has 0 aromatic heterocycles. The van der Waals surface area contributed by atoms with E-state index in [1.165, 1.54) is 6.42 Å². The standard InChI is InChI=1S/C43H57N5O5/c1-25-30(10-9-11-35(25)31-16-32(41(51)44-6)18-34(17-31)47(7)8)23-48-40(42(52)46-37-20-33-19-36(26(37)2)43(33,4)5)39(27(3)50)38(53-48)22-45-21-28-12-14-29(24-49)15-13-28/h9-18,24,26-27,33,36-40,45,50H,19-23H2,1-8H3,(H,44,51)(H,46,52)/t26-,27-,33+,36-,37-,38-,39+,40-/m0/s1. The van der Waals surface area contributed by atoms with E-state index < -0.39 is 24.2 Å². The van der Waals surface area contributed by atoms with Gasteiger partial charge in [-0.25, -0.2) is 0 Å². The summed E-state index contributed by atoms with van der Waals surface area (Å²) in [6.07, 6.45) is 1.73. The lowest BCUT2D eigenvalue weighted by Crippen LogP contribution is -2.62. The minimum Gasteiger partial charge on any atom is -0.393 e. The average molecular weight is 724 g/mol. The molecule has 1 aliphatic heterocycles. The van der Waals surface area contributed by atoms with Crippen molar-refractivity contribution in [2.24, 2.45) is 29.1 Å². The molecule has 8 atom stereocenters. The Bertz CT molecular complexity index is 1810. The van der Waals surface area contributed by atoms with Gasteiger partial charge in [0.25, 0.3) is 5.91 Å². The number of hydroxylamine groups is 2. The van der Waals surface area contributed by atoms with Gasteiger partial charge in [0, 0.05) is 63.0 Å². The van der Waals surface area contributed by atoms with Crippen LogP contribution in [0.15, 0.2) is 60.7 Å². The van der Waals surface area contributed by atoms with Gasteiger partial charge in [-0.2, -0.15) is 5.06 Å². The Balaban J connectivity index is 1.28. The minimum absolute atomic E-state index is 0.0749. The zero-order valence-corrected chi connectivity index (χ0v) is 32.5. The second kappa shape index (κ2) is 15.7. The van der Waals surface area contributed by atoms with Gasteiger partial charge in [0.15, 0.2) is 0 Å². The van der Waals surface area contributed by atoms with Crippen LogP contribution < -0.4 is 20.9 Å². The van der Waals surface area contributed by atoms with Crippen LogP contribution in [0.3, 0.4) is 0 Å². The topological polar surface area (TPSA) is 123 Å². The quantitative estimate of drug-likeness (QED) is 0.174. The number of carbonyl (C=O) groups excluding carboxylic acids is 3. The molecule has 4 N–H and O–H groups in total. The summed E-state index contributed by atoms with van der Waals surface area (Å²) >= 11 is 0. The summed E-state index contributed by atoms with van der Waals surface area (Å²) < 4.78 is 0. The fraction of sp³-hybridized carbons (Fsp3) is 0.512. The van der Waals surface area contributed by atoms with Gasteiger partial charge in [-0.1, -0.05) is 63.2 Å². The summed E-state index contributed by atoms with van der Waals surface area (Å²) in [5, 5.41) is 22.8. The number of aliphatic hydroxyl groups is 1. The third kappa shape index (κ3) is 7.78. The molecule has 1 heterocycles. The van der Waals surface area contributed by atoms with Crippen molar-refractivity contribution in [2.45, 2.75) is 84.8 Å². The second-order valence-corrected chi connectivity index (χ2v) is 16.4. The SMILES string of the molecule is CNC(=O)c1cc(-c2cccc(CN3O[C@@H](CNCc4ccc(C=O)cc4)[C@@H]([C@H](C)O)[C@H]3C(=O)N[C@H]3C[C@H]4C[C@@H]([C@@H]3C)C4(C)C)c2C)cc(N(C)C)c1. The number of benzene rings is 3. The number of amides is 2. The Morgan fingerprint density at radius 1 is 1.09 bits per heavy atom. The fourth-order valence-electron chi connectivity index (χ4n) is 9.21. The zero-order valence-electron chi connectivity index (χ0n) is 32.5. The van der Waals surface area contributed by atoms with Gasteiger partial charge in [-0.05, 0) is 95.9 Å². The molecule has 3 aromatic rings. The van der Waals surface area contributed by atoms with Gasteiger partial charge in [0.2, 0.25) is 5.91 Å². The molecule has 4 aliphatic rings. The third-order valence-electron chi connectivity index (χ3n) is 12.7. The van der Waals surface area contributed by atoms with Crippen molar-refractivity contribution in [1.82, 2.24) is 21.0 Å². The molecule has 4 fully saturated rings. The van der Waals surface area contributed by atoms with E-state index in [0.717, 1.165) is 46.2 Å². The van der Waals surface area contributed by atoms with Crippen LogP contribution in [0.5, 0.6) is 0 Å². The Labute approximate surface area is 314 Å². The Morgan fingerprint density at radius 2 is 1.83 bits per heavy atom. The van der Waals surface area contributed by atoms with Crippen LogP contribution in [0.1, 0.15) is 77.9 Å². The summed E-state index contributed by atoms with van der Waals surface area (Å²) in [5.74, 6) is 0.780. The van der Waals surface area contributed by atoms with E-state index in [4.69, 9.17) is 4.84 Å². The molecule has 3 aliphatic carbocycles. The maximum Gasteiger partial charge on any atom is 0.251 e. The second-order valence-electron chi connectivity index (χ2n) is 16.4. The van der Waals surface area contributed by atoms with E-state index >= 15 is 0 Å². The van der Waals surface area contributed by atoms with Gasteiger partial charge in [-0.15, -0.1) is 0 Å². The monoisotopic (exact) mass is 723 g/mol. The molecule has 1 saturated heterocycles. The smallest absolute Gasteiger partial charge is 0.251 e. The van der Waals surface area contributed by atoms with Crippen molar-refractivity contribution in [3.8, 4) is 11.1 Å². The minimum atomic E-state index is -0.810. The summed E-state index contributed by atoms with van der Waals surface area (Å²) in [7, 11) is 5.54. The maximum absolute atomic E-state index is 14.5. The number of anilines is 1. The molecular weight excluding hydrogens is 667 g/mol. The molecule has 3 saturated carbocycles. The summed E-state index contributed by atoms with van der Waals surface area (Å²) in [5.41, 5.74) is 7.34. The van der Waals surface area contributed by atoms with Crippen molar-refractivity contribution in [2.75, 3.05) is 32.6 Å². The van der Waals surface area contributed by atoms with Crippen LogP contribution in [-0.4, -0.2) is 80.2 Å². The van der Waals surface area contributed by atoms with E-state index in [2.05, 4.69) is 61.8 Å². The average Bonchev–Trinajstić information content (AvgIpc) is 3.50. The summed E-state index contributed by atoms with van der Waals surface area (Å²) in [6.45, 7) is 12.1. The number of hydrogen-bond acceptors (Lipinski definition) is 8. The zero-order chi connectivity index (χ0) is 38.2. The van der Waals surface area contributed by atoms with Gasteiger partial charge >= 0.3 is 0 Å². The molecular formula is C43H57N5O5. The number of rotatable bonds is 13. The number of aliphatic hydroxyl groups excluding tert-OH is 1. The Kier molecular flexibility index (Phi) is 11.5. The first-order valence-electron chi connectivity index (χ1n) is 19.0. The predicted molar refractivity (Wildman–Crippen MR) is 208 cm³/mol. The molecule has 10 nitrogen and oxygen atoms in total. The molecule has 2 bridgehead atoms. The third-order valence-corrected chi connectivity index (χ3v) is 12.7. The van der Waals surface area contributed by atoms with Crippen LogP contribution in [0.2, 0.25) is 0 Å². The molecule has 284 valence electrons. The van der Waals surface area contributed by atoms with Crippen LogP contribution >= 0.6 is 0 Å². The Hall–Kier alpha value is -4.09. The summed E-state index contributed by atoms with van der Waals surface area (Å²) in [6, 6.07) is 18.8. The molecule has 53 heavy (non-hydrogen) atoms. The summed E-state index contributed by atoms with van der Waals surface area (Å²) in [4.78, 5) is 47.1. The fourth-order valence-corrected chi connectivity index (χ4v) is 9.21. The number of nitrogens with zero attached hydrogens (tertiary/aromatic N) is 2. The van der Waals surface area contributed by atoms with Crippen LogP contribution in [-0.2, 0) is 22.7 Å². The highest BCUT2D eigenvalue weighted by Crippen LogP contribution is 2.61. The van der Waals surface area contributed by atoms with Gasteiger partial charge in [-0.3, -0.25) is 19.2 Å². The first-order valence-corrected chi connectivity index (χ1v) is 19.0. The van der Waals surface area contributed by atoms with Crippen molar-refractivity contribution >= 4 is 23.8 Å². The highest BCUT2D eigenvalue weighted by Gasteiger charge is 2.57. The van der Waals surface area contributed by atoms with Gasteiger partial charge in [0.05, 0.1) is 18.8 Å². The van der Waals surface area contributed by atoms with E-state index in [-0.39, 0.29) is 17.9 Å². The lowest BCUT2D eigenvalue weighted by Gasteiger charge is -2.62. The van der Waals surface area contributed by atoms with Crippen LogP contribution in [0.4, 0.5) is 5.69 Å². The Morgan fingerprint density at radius 3 is 2.45 bits per heavy atom. The molecule has 0 radical (unpaired) electrons. The maximum atomic E-state index is 14.5. The highest BCUT2D eigenvalue weighted by molar-refractivity contribution is 5.96. The highest BCUT2D eigenvalue weighted by atomic mass is 16.7. The lowest BCUT2D eigenvalue weighted by molar-refractivity contribution is -0.176. The largest absolute Gasteiger partial charge is 0.393 e. The first kappa shape index (κ1) is 38.6. The van der Waals surface area contributed by atoms with E-state index in [1.54, 1.807) is 31.2 Å². The van der Waals surface area contributed by atoms with Crippen molar-refractivity contribution in [1.29, 1.82) is 0 Å². The van der Waals surface area contributed by atoms with Gasteiger partial charge < -0.3 is 26.0 Å².